The second kappa shape index (κ2) is 11.9. The van der Waals surface area contributed by atoms with Crippen LogP contribution < -0.4 is 0 Å². The summed E-state index contributed by atoms with van der Waals surface area (Å²) < 4.78 is 5.84. The van der Waals surface area contributed by atoms with Gasteiger partial charge in [0.25, 0.3) is 0 Å². The van der Waals surface area contributed by atoms with E-state index in [4.69, 9.17) is 10.00 Å². The van der Waals surface area contributed by atoms with Crippen LogP contribution >= 0.6 is 0 Å². The molecule has 26 heavy (non-hydrogen) atoms. The number of nitrogens with zero attached hydrogens (tertiary/aromatic N) is 1. The number of allylic oxidation sites excluding steroid dienone is 4. The molecule has 0 aromatic rings. The summed E-state index contributed by atoms with van der Waals surface area (Å²) in [6, 6.07) is 1.99. The van der Waals surface area contributed by atoms with Crippen LogP contribution in [0.15, 0.2) is 24.3 Å². The Balaban J connectivity index is 1.63. The van der Waals surface area contributed by atoms with E-state index >= 15 is 0 Å². The number of carbonyl (C=O) groups excluding carboxylic acids is 1. The van der Waals surface area contributed by atoms with E-state index < -0.39 is 0 Å². The molecule has 2 aliphatic carbocycles. The predicted octanol–water partition coefficient (Wildman–Crippen LogP) is 6.11. The lowest BCUT2D eigenvalue weighted by Crippen LogP contribution is -2.29. The van der Waals surface area contributed by atoms with Gasteiger partial charge in [-0.3, -0.25) is 4.79 Å². The Bertz CT molecular complexity index is 501. The molecule has 0 amide bonds. The molecule has 2 fully saturated rings. The van der Waals surface area contributed by atoms with E-state index in [1.165, 1.54) is 44.6 Å². The van der Waals surface area contributed by atoms with Gasteiger partial charge in [0.2, 0.25) is 0 Å². The van der Waals surface area contributed by atoms with Gasteiger partial charge in [0.1, 0.15) is 6.10 Å². The van der Waals surface area contributed by atoms with E-state index in [0.29, 0.717) is 5.92 Å². The molecule has 0 spiro atoms. The van der Waals surface area contributed by atoms with Gasteiger partial charge < -0.3 is 4.74 Å². The molecule has 0 unspecified atom stereocenters. The zero-order valence-corrected chi connectivity index (χ0v) is 16.4. The molecule has 3 heteroatoms. The molecule has 2 rings (SSSR count). The monoisotopic (exact) mass is 357 g/mol. The molecule has 0 bridgehead atoms. The highest BCUT2D eigenvalue weighted by Gasteiger charge is 2.30. The van der Waals surface area contributed by atoms with Crippen molar-refractivity contribution in [3.8, 4) is 6.07 Å². The maximum absolute atomic E-state index is 12.5. The van der Waals surface area contributed by atoms with Crippen molar-refractivity contribution in [3.05, 3.63) is 24.3 Å². The number of hydrogen-bond donors (Lipinski definition) is 0. The van der Waals surface area contributed by atoms with Crippen molar-refractivity contribution in [1.29, 1.82) is 5.26 Å². The lowest BCUT2D eigenvalue weighted by molar-refractivity contribution is -0.157. The minimum absolute atomic E-state index is 0.0629. The van der Waals surface area contributed by atoms with Crippen LogP contribution in [0.5, 0.6) is 0 Å². The minimum Gasteiger partial charge on any atom is -0.462 e. The number of rotatable bonds is 8. The van der Waals surface area contributed by atoms with Crippen LogP contribution in [0, 0.1) is 29.1 Å². The third kappa shape index (κ3) is 7.36. The largest absolute Gasteiger partial charge is 0.462 e. The summed E-state index contributed by atoms with van der Waals surface area (Å²) >= 11 is 0. The first kappa shape index (κ1) is 20.7. The SMILES string of the molecule is CCCCCC1CCC(C(=O)OC2CCC(C=CC=CC#N)CC2)CC1. The van der Waals surface area contributed by atoms with Crippen LogP contribution in [-0.4, -0.2) is 12.1 Å². The van der Waals surface area contributed by atoms with Gasteiger partial charge in [-0.1, -0.05) is 50.8 Å². The number of carbonyl (C=O) groups is 1. The summed E-state index contributed by atoms with van der Waals surface area (Å²) in [7, 11) is 0. The molecule has 144 valence electrons. The highest BCUT2D eigenvalue weighted by molar-refractivity contribution is 5.72. The quantitative estimate of drug-likeness (QED) is 0.228. The van der Waals surface area contributed by atoms with Crippen molar-refractivity contribution in [2.75, 3.05) is 0 Å². The Hall–Kier alpha value is -1.56. The van der Waals surface area contributed by atoms with Gasteiger partial charge in [-0.25, -0.2) is 0 Å². The fourth-order valence-corrected chi connectivity index (χ4v) is 4.35. The van der Waals surface area contributed by atoms with Crippen LogP contribution in [0.4, 0.5) is 0 Å². The topological polar surface area (TPSA) is 50.1 Å². The molecule has 2 saturated carbocycles. The van der Waals surface area contributed by atoms with Gasteiger partial charge in [-0.15, -0.1) is 0 Å². The third-order valence-electron chi connectivity index (χ3n) is 6.06. The van der Waals surface area contributed by atoms with E-state index in [1.54, 1.807) is 6.08 Å². The van der Waals surface area contributed by atoms with Gasteiger partial charge in [0, 0.05) is 6.08 Å². The third-order valence-corrected chi connectivity index (χ3v) is 6.06. The summed E-state index contributed by atoms with van der Waals surface area (Å²) in [6.45, 7) is 2.25. The number of hydrogen-bond acceptors (Lipinski definition) is 3. The van der Waals surface area contributed by atoms with Crippen LogP contribution in [-0.2, 0) is 9.53 Å². The fourth-order valence-electron chi connectivity index (χ4n) is 4.35. The fraction of sp³-hybridized carbons (Fsp3) is 0.739. The van der Waals surface area contributed by atoms with Crippen LogP contribution in [0.25, 0.3) is 0 Å². The Morgan fingerprint density at radius 2 is 1.77 bits per heavy atom. The summed E-state index contributed by atoms with van der Waals surface area (Å²) in [5.41, 5.74) is 0. The Morgan fingerprint density at radius 1 is 1.04 bits per heavy atom. The van der Waals surface area contributed by atoms with Crippen LogP contribution in [0.3, 0.4) is 0 Å². The van der Waals surface area contributed by atoms with Gasteiger partial charge in [-0.2, -0.15) is 5.26 Å². The molecular weight excluding hydrogens is 322 g/mol. The highest BCUT2D eigenvalue weighted by Crippen LogP contribution is 2.34. The maximum Gasteiger partial charge on any atom is 0.309 e. The molecule has 0 aromatic carbocycles. The molecule has 0 saturated heterocycles. The second-order valence-electron chi connectivity index (χ2n) is 8.06. The zero-order valence-electron chi connectivity index (χ0n) is 16.4. The van der Waals surface area contributed by atoms with E-state index in [-0.39, 0.29) is 18.0 Å². The first-order valence-electron chi connectivity index (χ1n) is 10.7. The number of unbranched alkanes of at least 4 members (excludes halogenated alkanes) is 2. The lowest BCUT2D eigenvalue weighted by atomic mass is 9.79. The first-order chi connectivity index (χ1) is 12.7. The van der Waals surface area contributed by atoms with Crippen LogP contribution in [0.1, 0.15) is 84.0 Å². The second-order valence-corrected chi connectivity index (χ2v) is 8.06. The van der Waals surface area contributed by atoms with Gasteiger partial charge >= 0.3 is 5.97 Å². The van der Waals surface area contributed by atoms with Crippen molar-refractivity contribution in [2.45, 2.75) is 90.1 Å². The number of nitriles is 1. The van der Waals surface area contributed by atoms with E-state index in [0.717, 1.165) is 44.4 Å². The Labute approximate surface area is 159 Å². The summed E-state index contributed by atoms with van der Waals surface area (Å²) in [4.78, 5) is 12.5. The first-order valence-corrected chi connectivity index (χ1v) is 10.7. The molecule has 0 radical (unpaired) electrons. The Morgan fingerprint density at radius 3 is 2.42 bits per heavy atom. The molecule has 0 heterocycles. The molecule has 0 N–H and O–H groups in total. The Kier molecular flexibility index (Phi) is 9.53. The summed E-state index contributed by atoms with van der Waals surface area (Å²) in [5, 5.41) is 8.47. The lowest BCUT2D eigenvalue weighted by Gasteiger charge is -2.31. The average molecular weight is 358 g/mol. The predicted molar refractivity (Wildman–Crippen MR) is 105 cm³/mol. The van der Waals surface area contributed by atoms with Crippen molar-refractivity contribution < 1.29 is 9.53 Å². The highest BCUT2D eigenvalue weighted by atomic mass is 16.5. The minimum atomic E-state index is 0.0629. The van der Waals surface area contributed by atoms with E-state index in [2.05, 4.69) is 13.0 Å². The molecule has 3 nitrogen and oxygen atoms in total. The molecule has 0 aromatic heterocycles. The average Bonchev–Trinajstić information content (AvgIpc) is 2.67. The zero-order chi connectivity index (χ0) is 18.6. The summed E-state index contributed by atoms with van der Waals surface area (Å²) in [6.07, 6.45) is 21.4. The van der Waals surface area contributed by atoms with Crippen molar-refractivity contribution in [2.24, 2.45) is 17.8 Å². The molecule has 0 aliphatic heterocycles. The number of ether oxygens (including phenoxy) is 1. The van der Waals surface area contributed by atoms with Gasteiger partial charge in [0.15, 0.2) is 0 Å². The molecule has 2 aliphatic rings. The van der Waals surface area contributed by atoms with Crippen molar-refractivity contribution in [3.63, 3.8) is 0 Å². The van der Waals surface area contributed by atoms with Crippen molar-refractivity contribution >= 4 is 5.97 Å². The normalized spacial score (nSPS) is 29.7. The smallest absolute Gasteiger partial charge is 0.309 e. The van der Waals surface area contributed by atoms with Crippen molar-refractivity contribution in [1.82, 2.24) is 0 Å². The molecule has 0 atom stereocenters. The van der Waals surface area contributed by atoms with Gasteiger partial charge in [0.05, 0.1) is 12.0 Å². The summed E-state index contributed by atoms with van der Waals surface area (Å²) in [5.74, 6) is 1.59. The van der Waals surface area contributed by atoms with E-state index in [1.807, 2.05) is 12.1 Å². The van der Waals surface area contributed by atoms with Gasteiger partial charge in [-0.05, 0) is 63.2 Å². The number of esters is 1. The van der Waals surface area contributed by atoms with Crippen LogP contribution in [0.2, 0.25) is 0 Å². The molecular formula is C23H35NO2. The standard InChI is InChI=1S/C23H35NO2/c1-2-3-5-8-19-10-14-21(15-11-19)23(25)26-22-16-12-20(13-17-22)9-6-4-7-18-24/h4,6-7,9,19-22H,2-3,5,8,10-17H2,1H3. The van der Waals surface area contributed by atoms with E-state index in [9.17, 15) is 4.79 Å². The maximum atomic E-state index is 12.5.